The molecule has 1 heterocycles. The molecule has 1 unspecified atom stereocenters. The zero-order valence-corrected chi connectivity index (χ0v) is 18.6. The summed E-state index contributed by atoms with van der Waals surface area (Å²) < 4.78 is 10.6. The molecule has 1 N–H and O–H groups in total. The van der Waals surface area contributed by atoms with Crippen molar-refractivity contribution >= 4 is 17.4 Å². The smallest absolute Gasteiger partial charge is 0.295 e. The van der Waals surface area contributed by atoms with Gasteiger partial charge in [0, 0.05) is 19.2 Å². The third kappa shape index (κ3) is 4.21. The maximum absolute atomic E-state index is 13.1. The summed E-state index contributed by atoms with van der Waals surface area (Å²) >= 11 is 0. The highest BCUT2D eigenvalue weighted by molar-refractivity contribution is 6.46. The van der Waals surface area contributed by atoms with Crippen molar-refractivity contribution in [2.45, 2.75) is 32.7 Å². The number of Topliss-reactive ketones (excluding diaryl/α,β-unsaturated/α-hetero) is 1. The lowest BCUT2D eigenvalue weighted by molar-refractivity contribution is -0.140. The fourth-order valence-corrected chi connectivity index (χ4v) is 4.01. The highest BCUT2D eigenvalue weighted by Gasteiger charge is 2.46. The minimum Gasteiger partial charge on any atom is -0.507 e. The van der Waals surface area contributed by atoms with E-state index in [0.29, 0.717) is 5.56 Å². The molecular formula is C25H29NO5. The molecule has 0 saturated carbocycles. The van der Waals surface area contributed by atoms with Gasteiger partial charge in [-0.2, -0.15) is 0 Å². The Morgan fingerprint density at radius 3 is 2.39 bits per heavy atom. The van der Waals surface area contributed by atoms with Gasteiger partial charge in [-0.15, -0.1) is 0 Å². The number of likely N-dealkylation sites (tertiary alicyclic amines) is 1. The topological polar surface area (TPSA) is 76.1 Å². The van der Waals surface area contributed by atoms with Gasteiger partial charge in [0.25, 0.3) is 11.7 Å². The Kier molecular flexibility index (Phi) is 6.81. The molecule has 1 saturated heterocycles. The highest BCUT2D eigenvalue weighted by Crippen LogP contribution is 2.41. The van der Waals surface area contributed by atoms with Crippen molar-refractivity contribution in [1.82, 2.24) is 4.90 Å². The third-order valence-corrected chi connectivity index (χ3v) is 5.65. The first-order valence-corrected chi connectivity index (χ1v) is 10.3. The number of carbonyl (C=O) groups is 2. The number of hydrogen-bond donors (Lipinski definition) is 1. The van der Waals surface area contributed by atoms with Gasteiger partial charge in [0.05, 0.1) is 25.3 Å². The molecule has 3 rings (SSSR count). The maximum atomic E-state index is 13.1. The van der Waals surface area contributed by atoms with Crippen LogP contribution in [0.5, 0.6) is 5.75 Å². The fraction of sp³-hybridized carbons (Fsp3) is 0.360. The van der Waals surface area contributed by atoms with Crippen molar-refractivity contribution in [2.75, 3.05) is 27.4 Å². The minimum absolute atomic E-state index is 0.0928. The Hall–Kier alpha value is -3.12. The number of ketones is 1. The number of aliphatic hydroxyl groups is 1. The number of aryl methyl sites for hydroxylation is 1. The van der Waals surface area contributed by atoms with Crippen LogP contribution in [0.2, 0.25) is 0 Å². The molecule has 164 valence electrons. The van der Waals surface area contributed by atoms with E-state index in [1.807, 2.05) is 63.2 Å². The van der Waals surface area contributed by atoms with Gasteiger partial charge >= 0.3 is 0 Å². The average Bonchev–Trinajstić information content (AvgIpc) is 3.02. The van der Waals surface area contributed by atoms with Gasteiger partial charge in [-0.1, -0.05) is 44.2 Å². The second-order valence-corrected chi connectivity index (χ2v) is 7.96. The van der Waals surface area contributed by atoms with E-state index in [1.165, 1.54) is 4.90 Å². The largest absolute Gasteiger partial charge is 0.507 e. The average molecular weight is 424 g/mol. The van der Waals surface area contributed by atoms with Crippen LogP contribution in [0, 0.1) is 6.92 Å². The van der Waals surface area contributed by atoms with Crippen molar-refractivity contribution < 1.29 is 24.2 Å². The number of aliphatic hydroxyl groups excluding tert-OH is 1. The van der Waals surface area contributed by atoms with Crippen LogP contribution in [0.3, 0.4) is 0 Å². The Morgan fingerprint density at radius 1 is 1.13 bits per heavy atom. The predicted molar refractivity (Wildman–Crippen MR) is 119 cm³/mol. The van der Waals surface area contributed by atoms with Gasteiger partial charge in [0.1, 0.15) is 11.5 Å². The number of benzene rings is 2. The number of hydrogen-bond acceptors (Lipinski definition) is 5. The van der Waals surface area contributed by atoms with Crippen molar-refractivity contribution in [1.29, 1.82) is 0 Å². The molecule has 2 aromatic rings. The molecule has 1 aliphatic rings. The quantitative estimate of drug-likeness (QED) is 0.410. The van der Waals surface area contributed by atoms with Crippen LogP contribution in [0.4, 0.5) is 0 Å². The van der Waals surface area contributed by atoms with Crippen LogP contribution >= 0.6 is 0 Å². The summed E-state index contributed by atoms with van der Waals surface area (Å²) in [7, 11) is 3.15. The molecule has 6 nitrogen and oxygen atoms in total. The zero-order chi connectivity index (χ0) is 22.7. The molecule has 0 bridgehead atoms. The van der Waals surface area contributed by atoms with Crippen molar-refractivity contribution in [3.8, 4) is 5.75 Å². The standard InChI is InChI=1S/C25H29NO5/c1-15(2)18-14-19(16(3)13-20(18)31-5)23(27)21-22(17-9-7-6-8-10-17)26(11-12-30-4)25(29)24(21)28/h6-10,13-15,22,27H,11-12H2,1-5H3/b23-21+. The Labute approximate surface area is 183 Å². The highest BCUT2D eigenvalue weighted by atomic mass is 16.5. The summed E-state index contributed by atoms with van der Waals surface area (Å²) in [5, 5.41) is 11.3. The van der Waals surface area contributed by atoms with Crippen molar-refractivity contribution in [3.05, 3.63) is 70.3 Å². The molecule has 0 spiro atoms. The summed E-state index contributed by atoms with van der Waals surface area (Å²) in [6, 6.07) is 12.3. The van der Waals surface area contributed by atoms with E-state index in [0.717, 1.165) is 22.4 Å². The van der Waals surface area contributed by atoms with Crippen molar-refractivity contribution in [3.63, 3.8) is 0 Å². The summed E-state index contributed by atoms with van der Waals surface area (Å²) in [5.41, 5.74) is 3.05. The fourth-order valence-electron chi connectivity index (χ4n) is 4.01. The van der Waals surface area contributed by atoms with E-state index in [4.69, 9.17) is 9.47 Å². The molecular weight excluding hydrogens is 394 g/mol. The SMILES string of the molecule is COCCN1C(=O)C(=O)/C(=C(/O)c2cc(C(C)C)c(OC)cc2C)C1c1ccccc1. The Balaban J connectivity index is 2.23. The Bertz CT molecular complexity index is 1010. The van der Waals surface area contributed by atoms with Gasteiger partial charge in [-0.3, -0.25) is 9.59 Å². The minimum atomic E-state index is -0.691. The van der Waals surface area contributed by atoms with E-state index in [2.05, 4.69) is 0 Å². The summed E-state index contributed by atoms with van der Waals surface area (Å²) in [6.45, 7) is 6.45. The molecule has 1 amide bonds. The van der Waals surface area contributed by atoms with Crippen LogP contribution in [0.1, 0.15) is 48.1 Å². The lowest BCUT2D eigenvalue weighted by atomic mass is 9.91. The second-order valence-electron chi connectivity index (χ2n) is 7.96. The molecule has 0 radical (unpaired) electrons. The number of methoxy groups -OCH3 is 2. The molecule has 0 aliphatic carbocycles. The molecule has 1 aliphatic heterocycles. The molecule has 1 fully saturated rings. The van der Waals surface area contributed by atoms with Gasteiger partial charge < -0.3 is 19.5 Å². The van der Waals surface area contributed by atoms with E-state index in [1.54, 1.807) is 14.2 Å². The Morgan fingerprint density at radius 2 is 1.81 bits per heavy atom. The molecule has 1 atom stereocenters. The van der Waals surface area contributed by atoms with E-state index in [9.17, 15) is 14.7 Å². The first kappa shape index (κ1) is 22.6. The van der Waals surface area contributed by atoms with Gasteiger partial charge in [-0.25, -0.2) is 0 Å². The van der Waals surface area contributed by atoms with Crippen LogP contribution < -0.4 is 4.74 Å². The van der Waals surface area contributed by atoms with Crippen LogP contribution in [-0.4, -0.2) is 49.1 Å². The first-order chi connectivity index (χ1) is 14.8. The van der Waals surface area contributed by atoms with Crippen LogP contribution in [0.15, 0.2) is 48.0 Å². The van der Waals surface area contributed by atoms with Gasteiger partial charge in [0.15, 0.2) is 0 Å². The summed E-state index contributed by atoms with van der Waals surface area (Å²) in [5.74, 6) is -0.624. The van der Waals surface area contributed by atoms with Crippen LogP contribution in [-0.2, 0) is 14.3 Å². The predicted octanol–water partition coefficient (Wildman–Crippen LogP) is 4.20. The first-order valence-electron chi connectivity index (χ1n) is 10.3. The van der Waals surface area contributed by atoms with Gasteiger partial charge in [-0.05, 0) is 41.7 Å². The maximum Gasteiger partial charge on any atom is 0.295 e. The number of ether oxygens (including phenoxy) is 2. The van der Waals surface area contributed by atoms with Crippen LogP contribution in [0.25, 0.3) is 5.76 Å². The van der Waals surface area contributed by atoms with Gasteiger partial charge in [0.2, 0.25) is 0 Å². The molecule has 0 aromatic heterocycles. The molecule has 2 aromatic carbocycles. The monoisotopic (exact) mass is 423 g/mol. The van der Waals surface area contributed by atoms with E-state index in [-0.39, 0.29) is 30.4 Å². The number of rotatable bonds is 7. The number of carbonyl (C=O) groups excluding carboxylic acids is 2. The second kappa shape index (κ2) is 9.35. The summed E-state index contributed by atoms with van der Waals surface area (Å²) in [4.78, 5) is 27.4. The normalized spacial score (nSPS) is 18.1. The lowest BCUT2D eigenvalue weighted by Gasteiger charge is -2.25. The lowest BCUT2D eigenvalue weighted by Crippen LogP contribution is -2.32. The van der Waals surface area contributed by atoms with E-state index < -0.39 is 17.7 Å². The van der Waals surface area contributed by atoms with Crippen molar-refractivity contribution in [2.24, 2.45) is 0 Å². The molecule has 31 heavy (non-hydrogen) atoms. The third-order valence-electron chi connectivity index (χ3n) is 5.65. The molecule has 6 heteroatoms. The number of nitrogens with zero attached hydrogens (tertiary/aromatic N) is 1. The number of amides is 1. The summed E-state index contributed by atoms with van der Waals surface area (Å²) in [6.07, 6.45) is 0. The zero-order valence-electron chi connectivity index (χ0n) is 18.6. The van der Waals surface area contributed by atoms with E-state index >= 15 is 0 Å².